The van der Waals surface area contributed by atoms with Crippen LogP contribution in [-0.4, -0.2) is 40.7 Å². The first-order chi connectivity index (χ1) is 8.44. The summed E-state index contributed by atoms with van der Waals surface area (Å²) in [7, 11) is -1.62. The highest BCUT2D eigenvalue weighted by molar-refractivity contribution is 7.92. The largest absolute Gasteiger partial charge is 0.351 e. The van der Waals surface area contributed by atoms with E-state index in [-0.39, 0.29) is 24.0 Å². The van der Waals surface area contributed by atoms with E-state index in [1.54, 1.807) is 31.3 Å². The van der Waals surface area contributed by atoms with Gasteiger partial charge in [0, 0.05) is 13.1 Å². The van der Waals surface area contributed by atoms with Gasteiger partial charge in [0.05, 0.1) is 17.5 Å². The summed E-state index contributed by atoms with van der Waals surface area (Å²) < 4.78 is 24.7. The Labute approximate surface area is 119 Å². The number of hydrogen-bond acceptors (Lipinski definition) is 4. The molecule has 108 valence electrons. The third-order valence-corrected chi connectivity index (χ3v) is 2.72. The van der Waals surface area contributed by atoms with Gasteiger partial charge in [-0.15, -0.1) is 12.4 Å². The molecule has 6 nitrogen and oxygen atoms in total. The number of benzene rings is 1. The van der Waals surface area contributed by atoms with Gasteiger partial charge in [-0.1, -0.05) is 12.1 Å². The second-order valence-corrected chi connectivity index (χ2v) is 5.53. The topological polar surface area (TPSA) is 87.3 Å². The number of para-hydroxylation sites is 1. The lowest BCUT2D eigenvalue weighted by Gasteiger charge is -2.10. The second-order valence-electron chi connectivity index (χ2n) is 3.78. The summed E-state index contributed by atoms with van der Waals surface area (Å²) in [6.07, 6.45) is 1.04. The Hall–Kier alpha value is -1.31. The van der Waals surface area contributed by atoms with E-state index in [9.17, 15) is 13.2 Å². The Balaban J connectivity index is 0.00000324. The monoisotopic (exact) mass is 307 g/mol. The molecule has 1 rings (SSSR count). The van der Waals surface area contributed by atoms with Crippen LogP contribution >= 0.6 is 12.4 Å². The molecule has 0 radical (unpaired) electrons. The van der Waals surface area contributed by atoms with Gasteiger partial charge in [0.25, 0.3) is 5.91 Å². The van der Waals surface area contributed by atoms with Crippen molar-refractivity contribution in [3.05, 3.63) is 29.8 Å². The van der Waals surface area contributed by atoms with Gasteiger partial charge in [-0.25, -0.2) is 8.42 Å². The molecule has 1 aromatic carbocycles. The number of likely N-dealkylation sites (N-methyl/N-ethyl adjacent to an activating group) is 1. The van der Waals surface area contributed by atoms with Crippen LogP contribution in [0.15, 0.2) is 24.3 Å². The molecule has 0 aromatic heterocycles. The quantitative estimate of drug-likeness (QED) is 0.665. The lowest BCUT2D eigenvalue weighted by atomic mass is 10.1. The van der Waals surface area contributed by atoms with Gasteiger partial charge in [-0.2, -0.15) is 0 Å². The molecule has 0 spiro atoms. The minimum atomic E-state index is -3.40. The van der Waals surface area contributed by atoms with Gasteiger partial charge in [0.15, 0.2) is 0 Å². The Bertz CT molecular complexity index is 520. The van der Waals surface area contributed by atoms with Gasteiger partial charge < -0.3 is 10.6 Å². The number of carbonyl (C=O) groups is 1. The number of carbonyl (C=O) groups excluding carboxylic acids is 1. The van der Waals surface area contributed by atoms with Gasteiger partial charge in [0.1, 0.15) is 0 Å². The van der Waals surface area contributed by atoms with Crippen molar-refractivity contribution in [2.24, 2.45) is 0 Å². The number of anilines is 1. The average Bonchev–Trinajstić information content (AvgIpc) is 2.27. The molecule has 0 atom stereocenters. The lowest BCUT2D eigenvalue weighted by Crippen LogP contribution is -2.31. The summed E-state index contributed by atoms with van der Waals surface area (Å²) in [6.45, 7) is 1.12. The fourth-order valence-electron chi connectivity index (χ4n) is 1.37. The zero-order valence-corrected chi connectivity index (χ0v) is 12.4. The maximum absolute atomic E-state index is 11.9. The summed E-state index contributed by atoms with van der Waals surface area (Å²) in [6, 6.07) is 6.47. The molecule has 3 N–H and O–H groups in total. The van der Waals surface area contributed by atoms with E-state index < -0.39 is 10.0 Å². The Morgan fingerprint density at radius 1 is 1.21 bits per heavy atom. The number of halogens is 1. The van der Waals surface area contributed by atoms with Gasteiger partial charge in [0.2, 0.25) is 10.0 Å². The normalized spacial score (nSPS) is 10.4. The van der Waals surface area contributed by atoms with Crippen molar-refractivity contribution in [2.75, 3.05) is 31.1 Å². The van der Waals surface area contributed by atoms with Crippen LogP contribution in [0.3, 0.4) is 0 Å². The summed E-state index contributed by atoms with van der Waals surface area (Å²) in [5.74, 6) is -0.308. The summed E-state index contributed by atoms with van der Waals surface area (Å²) in [5, 5.41) is 5.59. The van der Waals surface area contributed by atoms with E-state index >= 15 is 0 Å². The third kappa shape index (κ3) is 6.42. The Morgan fingerprint density at radius 3 is 2.42 bits per heavy atom. The highest BCUT2D eigenvalue weighted by Crippen LogP contribution is 2.15. The van der Waals surface area contributed by atoms with E-state index in [0.29, 0.717) is 18.7 Å². The minimum Gasteiger partial charge on any atom is -0.351 e. The van der Waals surface area contributed by atoms with Crippen molar-refractivity contribution in [2.45, 2.75) is 0 Å². The highest BCUT2D eigenvalue weighted by Gasteiger charge is 2.12. The molecule has 0 bridgehead atoms. The van der Waals surface area contributed by atoms with Gasteiger partial charge >= 0.3 is 0 Å². The number of sulfonamides is 1. The lowest BCUT2D eigenvalue weighted by molar-refractivity contribution is 0.0955. The number of nitrogens with one attached hydrogen (secondary N) is 3. The van der Waals surface area contributed by atoms with E-state index in [1.165, 1.54) is 0 Å². The van der Waals surface area contributed by atoms with Crippen LogP contribution in [0.5, 0.6) is 0 Å². The molecule has 0 aliphatic heterocycles. The van der Waals surface area contributed by atoms with Crippen LogP contribution in [0, 0.1) is 0 Å². The predicted octanol–water partition coefficient (Wildman–Crippen LogP) is 0.429. The molecule has 0 saturated carbocycles. The summed E-state index contributed by atoms with van der Waals surface area (Å²) in [4.78, 5) is 11.9. The minimum absolute atomic E-state index is 0. The third-order valence-electron chi connectivity index (χ3n) is 2.13. The maximum atomic E-state index is 11.9. The van der Waals surface area contributed by atoms with Crippen molar-refractivity contribution < 1.29 is 13.2 Å². The fourth-order valence-corrected chi connectivity index (χ4v) is 1.94. The van der Waals surface area contributed by atoms with E-state index in [1.807, 2.05) is 0 Å². The van der Waals surface area contributed by atoms with Crippen LogP contribution < -0.4 is 15.4 Å². The smallest absolute Gasteiger partial charge is 0.253 e. The molecule has 0 heterocycles. The molecule has 0 unspecified atom stereocenters. The predicted molar refractivity (Wildman–Crippen MR) is 78.4 cm³/mol. The molecule has 1 aromatic rings. The van der Waals surface area contributed by atoms with Crippen LogP contribution in [0.4, 0.5) is 5.69 Å². The fraction of sp³-hybridized carbons (Fsp3) is 0.364. The summed E-state index contributed by atoms with van der Waals surface area (Å²) in [5.41, 5.74) is 0.584. The zero-order chi connectivity index (χ0) is 13.6. The zero-order valence-electron chi connectivity index (χ0n) is 10.8. The number of rotatable bonds is 6. The Kier molecular flexibility index (Phi) is 7.43. The van der Waals surface area contributed by atoms with Crippen molar-refractivity contribution in [1.29, 1.82) is 0 Å². The molecule has 0 aliphatic rings. The molecule has 19 heavy (non-hydrogen) atoms. The van der Waals surface area contributed by atoms with Crippen LogP contribution in [0.25, 0.3) is 0 Å². The number of amides is 1. The van der Waals surface area contributed by atoms with E-state index in [4.69, 9.17) is 0 Å². The van der Waals surface area contributed by atoms with E-state index in [0.717, 1.165) is 6.26 Å². The molecule has 8 heteroatoms. The SMILES string of the molecule is CNCCNC(=O)c1ccccc1NS(C)(=O)=O.Cl. The molecule has 1 amide bonds. The van der Waals surface area contributed by atoms with Crippen LogP contribution in [-0.2, 0) is 10.0 Å². The molecule has 0 saturated heterocycles. The molecule has 0 aliphatic carbocycles. The van der Waals surface area contributed by atoms with Crippen molar-refractivity contribution in [3.8, 4) is 0 Å². The summed E-state index contributed by atoms with van der Waals surface area (Å²) >= 11 is 0. The highest BCUT2D eigenvalue weighted by atomic mass is 35.5. The number of hydrogen-bond donors (Lipinski definition) is 3. The first-order valence-corrected chi connectivity index (χ1v) is 7.33. The van der Waals surface area contributed by atoms with Crippen molar-refractivity contribution in [1.82, 2.24) is 10.6 Å². The first-order valence-electron chi connectivity index (χ1n) is 5.43. The molecule has 0 fully saturated rings. The van der Waals surface area contributed by atoms with Gasteiger partial charge in [-0.05, 0) is 19.2 Å². The molecular formula is C11H18ClN3O3S. The van der Waals surface area contributed by atoms with Crippen molar-refractivity contribution >= 4 is 34.0 Å². The Morgan fingerprint density at radius 2 is 1.84 bits per heavy atom. The first kappa shape index (κ1) is 17.7. The molecular weight excluding hydrogens is 290 g/mol. The average molecular weight is 308 g/mol. The standard InChI is InChI=1S/C11H17N3O3S.ClH/c1-12-7-8-13-11(15)9-5-3-4-6-10(9)14-18(2,16)17;/h3-6,12,14H,7-8H2,1-2H3,(H,13,15);1H. The van der Waals surface area contributed by atoms with E-state index in [2.05, 4.69) is 15.4 Å². The van der Waals surface area contributed by atoms with Crippen LogP contribution in [0.2, 0.25) is 0 Å². The van der Waals surface area contributed by atoms with Gasteiger partial charge in [-0.3, -0.25) is 9.52 Å². The maximum Gasteiger partial charge on any atom is 0.253 e. The second kappa shape index (κ2) is 7.98. The van der Waals surface area contributed by atoms with Crippen LogP contribution in [0.1, 0.15) is 10.4 Å². The van der Waals surface area contributed by atoms with Crippen molar-refractivity contribution in [3.63, 3.8) is 0 Å².